The highest BCUT2D eigenvalue weighted by Crippen LogP contribution is 2.39. The van der Waals surface area contributed by atoms with Crippen LogP contribution in [0, 0.1) is 11.8 Å². The maximum absolute atomic E-state index is 12.9. The van der Waals surface area contributed by atoms with Crippen molar-refractivity contribution >= 4 is 12.1 Å². The van der Waals surface area contributed by atoms with Crippen molar-refractivity contribution in [3.63, 3.8) is 0 Å². The predicted octanol–water partition coefficient (Wildman–Crippen LogP) is 4.42. The number of carbonyl (C=O) groups is 2. The van der Waals surface area contributed by atoms with Gasteiger partial charge in [0, 0.05) is 18.3 Å². The van der Waals surface area contributed by atoms with Crippen molar-refractivity contribution in [2.75, 3.05) is 6.61 Å². The lowest BCUT2D eigenvalue weighted by molar-refractivity contribution is -0.143. The molecule has 0 spiro atoms. The van der Waals surface area contributed by atoms with Crippen LogP contribution in [0.2, 0.25) is 0 Å². The molecule has 6 nitrogen and oxygen atoms in total. The Morgan fingerprint density at radius 1 is 1.21 bits per heavy atom. The summed E-state index contributed by atoms with van der Waals surface area (Å²) in [6.07, 6.45) is 9.01. The van der Waals surface area contributed by atoms with Crippen LogP contribution in [-0.4, -0.2) is 34.8 Å². The summed E-state index contributed by atoms with van der Waals surface area (Å²) >= 11 is 0. The van der Waals surface area contributed by atoms with E-state index in [0.717, 1.165) is 25.0 Å². The fourth-order valence-corrected chi connectivity index (χ4v) is 4.76. The van der Waals surface area contributed by atoms with Gasteiger partial charge in [-0.15, -0.1) is 0 Å². The highest BCUT2D eigenvalue weighted by atomic mass is 16.6. The minimum atomic E-state index is -0.758. The fourth-order valence-electron chi connectivity index (χ4n) is 4.76. The number of carbonyl (C=O) groups excluding carboxylic acids is 2. The number of pyridine rings is 1. The number of amides is 1. The number of alkyl carbamates (subject to hydrolysis) is 1. The van der Waals surface area contributed by atoms with Gasteiger partial charge in [0.05, 0.1) is 18.1 Å². The summed E-state index contributed by atoms with van der Waals surface area (Å²) in [5.74, 6) is -0.150. The first-order valence-electron chi connectivity index (χ1n) is 10.9. The Labute approximate surface area is 173 Å². The van der Waals surface area contributed by atoms with Gasteiger partial charge in [-0.05, 0) is 51.7 Å². The van der Waals surface area contributed by atoms with Crippen molar-refractivity contribution in [2.24, 2.45) is 11.8 Å². The molecule has 1 aromatic heterocycles. The third kappa shape index (κ3) is 5.94. The van der Waals surface area contributed by atoms with Gasteiger partial charge in [0.25, 0.3) is 0 Å². The number of cyclic esters (lactones) is 1. The van der Waals surface area contributed by atoms with Crippen molar-refractivity contribution in [2.45, 2.75) is 83.3 Å². The highest BCUT2D eigenvalue weighted by molar-refractivity contribution is 5.78. The van der Waals surface area contributed by atoms with Gasteiger partial charge in [-0.2, -0.15) is 0 Å². The minimum absolute atomic E-state index is 0.229. The SMILES string of the molecule is CC(C)(C)OC(=O)N[C@](Cc1ccccn1)(CC1CCCCC1)[C@H]1CCOC1=O. The van der Waals surface area contributed by atoms with E-state index < -0.39 is 17.2 Å². The summed E-state index contributed by atoms with van der Waals surface area (Å²) in [5.41, 5.74) is -0.507. The zero-order valence-corrected chi connectivity index (χ0v) is 17.9. The first-order chi connectivity index (χ1) is 13.8. The van der Waals surface area contributed by atoms with E-state index in [1.165, 1.54) is 19.3 Å². The molecule has 2 heterocycles. The Balaban J connectivity index is 1.93. The van der Waals surface area contributed by atoms with Gasteiger partial charge in [-0.25, -0.2) is 4.79 Å². The average Bonchev–Trinajstić information content (AvgIpc) is 3.08. The predicted molar refractivity (Wildman–Crippen MR) is 110 cm³/mol. The lowest BCUT2D eigenvalue weighted by Gasteiger charge is -2.41. The number of rotatable bonds is 6. The van der Waals surface area contributed by atoms with Crippen LogP contribution in [-0.2, 0) is 20.7 Å². The Hall–Kier alpha value is -2.11. The molecule has 1 amide bonds. The number of hydrogen-bond donors (Lipinski definition) is 1. The van der Waals surface area contributed by atoms with Crippen LogP contribution in [0.5, 0.6) is 0 Å². The fraction of sp³-hybridized carbons (Fsp3) is 0.696. The molecule has 6 heteroatoms. The molecule has 29 heavy (non-hydrogen) atoms. The van der Waals surface area contributed by atoms with E-state index in [0.29, 0.717) is 25.4 Å². The third-order valence-electron chi connectivity index (χ3n) is 5.95. The first kappa shape index (κ1) is 21.6. The second-order valence-corrected chi connectivity index (χ2v) is 9.50. The molecule has 0 aromatic carbocycles. The number of ether oxygens (including phenoxy) is 2. The molecule has 1 saturated heterocycles. The van der Waals surface area contributed by atoms with Crippen molar-refractivity contribution in [3.8, 4) is 0 Å². The van der Waals surface area contributed by atoms with Gasteiger partial charge in [0.2, 0.25) is 0 Å². The van der Waals surface area contributed by atoms with Gasteiger partial charge in [0.1, 0.15) is 5.60 Å². The number of nitrogens with zero attached hydrogens (tertiary/aromatic N) is 1. The molecule has 3 rings (SSSR count). The minimum Gasteiger partial charge on any atom is -0.465 e. The van der Waals surface area contributed by atoms with Crippen LogP contribution < -0.4 is 5.32 Å². The number of esters is 1. The number of nitrogens with one attached hydrogen (secondary N) is 1. The summed E-state index contributed by atoms with van der Waals surface area (Å²) in [7, 11) is 0. The second-order valence-electron chi connectivity index (χ2n) is 9.50. The number of hydrogen-bond acceptors (Lipinski definition) is 5. The maximum Gasteiger partial charge on any atom is 0.408 e. The summed E-state index contributed by atoms with van der Waals surface area (Å²) < 4.78 is 10.9. The largest absolute Gasteiger partial charge is 0.465 e. The summed E-state index contributed by atoms with van der Waals surface area (Å²) in [6.45, 7) is 5.93. The molecule has 1 aliphatic heterocycles. The van der Waals surface area contributed by atoms with Crippen molar-refractivity contribution in [3.05, 3.63) is 30.1 Å². The molecule has 2 fully saturated rings. The lowest BCUT2D eigenvalue weighted by atomic mass is 9.70. The zero-order valence-electron chi connectivity index (χ0n) is 17.9. The normalized spacial score (nSPS) is 22.6. The van der Waals surface area contributed by atoms with Crippen LogP contribution in [0.1, 0.15) is 71.4 Å². The highest BCUT2D eigenvalue weighted by Gasteiger charge is 2.49. The quantitative estimate of drug-likeness (QED) is 0.713. The summed E-state index contributed by atoms with van der Waals surface area (Å²) in [6, 6.07) is 5.76. The Morgan fingerprint density at radius 3 is 2.55 bits per heavy atom. The average molecular weight is 403 g/mol. The topological polar surface area (TPSA) is 77.5 Å². The van der Waals surface area contributed by atoms with Crippen molar-refractivity contribution < 1.29 is 19.1 Å². The maximum atomic E-state index is 12.9. The van der Waals surface area contributed by atoms with Crippen LogP contribution in [0.15, 0.2) is 24.4 Å². The van der Waals surface area contributed by atoms with E-state index in [1.54, 1.807) is 6.20 Å². The third-order valence-corrected chi connectivity index (χ3v) is 5.95. The van der Waals surface area contributed by atoms with Crippen LogP contribution in [0.3, 0.4) is 0 Å². The molecule has 2 aliphatic rings. The van der Waals surface area contributed by atoms with Crippen LogP contribution >= 0.6 is 0 Å². The van der Waals surface area contributed by atoms with Gasteiger partial charge >= 0.3 is 12.1 Å². The second kappa shape index (κ2) is 9.14. The van der Waals surface area contributed by atoms with Gasteiger partial charge < -0.3 is 14.8 Å². The van der Waals surface area contributed by atoms with E-state index >= 15 is 0 Å². The van der Waals surface area contributed by atoms with Crippen molar-refractivity contribution in [1.29, 1.82) is 0 Å². The van der Waals surface area contributed by atoms with Crippen LogP contribution in [0.4, 0.5) is 4.79 Å². The molecule has 0 bridgehead atoms. The summed E-state index contributed by atoms with van der Waals surface area (Å²) in [5, 5.41) is 3.15. The van der Waals surface area contributed by atoms with Crippen LogP contribution in [0.25, 0.3) is 0 Å². The molecule has 0 unspecified atom stereocenters. The van der Waals surface area contributed by atoms with E-state index in [1.807, 2.05) is 39.0 Å². The van der Waals surface area contributed by atoms with E-state index in [-0.39, 0.29) is 11.9 Å². The van der Waals surface area contributed by atoms with E-state index in [4.69, 9.17) is 9.47 Å². The molecule has 1 N–H and O–H groups in total. The van der Waals surface area contributed by atoms with Gasteiger partial charge in [0.15, 0.2) is 0 Å². The van der Waals surface area contributed by atoms with Crippen molar-refractivity contribution in [1.82, 2.24) is 10.3 Å². The molecule has 1 aromatic rings. The molecular formula is C23H34N2O4. The molecular weight excluding hydrogens is 368 g/mol. The van der Waals surface area contributed by atoms with Gasteiger partial charge in [-0.1, -0.05) is 38.2 Å². The molecule has 160 valence electrons. The number of aromatic nitrogens is 1. The Bertz CT molecular complexity index is 695. The lowest BCUT2D eigenvalue weighted by Crippen LogP contribution is -2.58. The van der Waals surface area contributed by atoms with Gasteiger partial charge in [-0.3, -0.25) is 9.78 Å². The first-order valence-corrected chi connectivity index (χ1v) is 10.9. The van der Waals surface area contributed by atoms with E-state index in [9.17, 15) is 9.59 Å². The monoisotopic (exact) mass is 402 g/mol. The Kier molecular flexibility index (Phi) is 6.81. The zero-order chi connectivity index (χ0) is 20.9. The summed E-state index contributed by atoms with van der Waals surface area (Å²) in [4.78, 5) is 30.0. The molecule has 1 saturated carbocycles. The molecule has 1 aliphatic carbocycles. The standard InChI is InChI=1S/C23H34N2O4/c1-22(2,3)29-21(27)25-23(19-12-14-28-20(19)26,15-17-9-5-4-6-10-17)16-18-11-7-8-13-24-18/h7-8,11,13,17,19H,4-6,9-10,12,14-16H2,1-3H3,(H,25,27)/t19-,23-/m0/s1. The molecule has 2 atom stereocenters. The van der Waals surface area contributed by atoms with E-state index in [2.05, 4.69) is 10.3 Å². The Morgan fingerprint density at radius 2 is 1.97 bits per heavy atom. The molecule has 0 radical (unpaired) electrons. The smallest absolute Gasteiger partial charge is 0.408 e.